The van der Waals surface area contributed by atoms with Gasteiger partial charge in [-0.05, 0) is 40.8 Å². The number of carbonyl (C=O) groups is 2. The topological polar surface area (TPSA) is 91.8 Å². The van der Waals surface area contributed by atoms with Crippen LogP contribution in [0.5, 0.6) is 0 Å². The van der Waals surface area contributed by atoms with Gasteiger partial charge in [0.2, 0.25) is 0 Å². The van der Waals surface area contributed by atoms with Crippen molar-refractivity contribution in [1.29, 1.82) is 0 Å². The molecule has 1 aromatic carbocycles. The van der Waals surface area contributed by atoms with Gasteiger partial charge in [0.15, 0.2) is 0 Å². The summed E-state index contributed by atoms with van der Waals surface area (Å²) in [5, 5.41) is 8.56. The molecule has 0 unspecified atom stereocenters. The van der Waals surface area contributed by atoms with Crippen molar-refractivity contribution in [3.63, 3.8) is 0 Å². The van der Waals surface area contributed by atoms with E-state index in [1.54, 1.807) is 6.07 Å². The number of carboxylic acid groups (broad SMARTS) is 1. The van der Waals surface area contributed by atoms with E-state index >= 15 is 0 Å². The first-order valence-corrected chi connectivity index (χ1v) is 7.44. The Hall–Kier alpha value is -1.16. The van der Waals surface area contributed by atoms with Crippen LogP contribution >= 0.6 is 22.6 Å². The maximum atomic E-state index is 12.1. The summed E-state index contributed by atoms with van der Waals surface area (Å²) < 4.78 is 25.4. The summed E-state index contributed by atoms with van der Waals surface area (Å²) in [5.41, 5.74) is 0.0980. The molecule has 1 aromatic rings. The number of hydrogen-bond donors (Lipinski definition) is 1. The van der Waals surface area contributed by atoms with Gasteiger partial charge in [-0.15, -0.1) is 0 Å². The molecule has 2 rings (SSSR count). The van der Waals surface area contributed by atoms with Crippen molar-refractivity contribution in [2.75, 3.05) is 6.54 Å². The van der Waals surface area contributed by atoms with Crippen LogP contribution in [0.1, 0.15) is 16.8 Å². The maximum absolute atomic E-state index is 12.1. The summed E-state index contributed by atoms with van der Waals surface area (Å²) in [5.74, 6) is -1.81. The third kappa shape index (κ3) is 2.09. The summed E-state index contributed by atoms with van der Waals surface area (Å²) in [6, 6.07) is 4.48. The average molecular weight is 381 g/mol. The summed E-state index contributed by atoms with van der Waals surface area (Å²) >= 11 is 1.95. The van der Waals surface area contributed by atoms with Crippen LogP contribution in [0.3, 0.4) is 0 Å². The lowest BCUT2D eigenvalue weighted by atomic mass is 10.2. The standard InChI is InChI=1S/C10H8INO5S/c11-6-1-2-7-8(5-6)18(16,17)12(10(7)15)4-3-9(13)14/h1-2,5H,3-4H2,(H,13,14). The lowest BCUT2D eigenvalue weighted by Gasteiger charge is -2.13. The highest BCUT2D eigenvalue weighted by atomic mass is 127. The van der Waals surface area contributed by atoms with Gasteiger partial charge in [0, 0.05) is 10.1 Å². The van der Waals surface area contributed by atoms with Crippen LogP contribution in [0, 0.1) is 3.57 Å². The highest BCUT2D eigenvalue weighted by Crippen LogP contribution is 2.31. The van der Waals surface area contributed by atoms with Crippen LogP contribution in [-0.2, 0) is 14.8 Å². The van der Waals surface area contributed by atoms with Gasteiger partial charge < -0.3 is 5.11 Å². The molecule has 0 saturated heterocycles. The van der Waals surface area contributed by atoms with Crippen LogP contribution in [-0.4, -0.2) is 36.3 Å². The Labute approximate surface area is 117 Å². The zero-order chi connectivity index (χ0) is 13.5. The van der Waals surface area contributed by atoms with Crippen LogP contribution in [0.4, 0.5) is 0 Å². The van der Waals surface area contributed by atoms with E-state index in [1.807, 2.05) is 22.6 Å². The lowest BCUT2D eigenvalue weighted by Crippen LogP contribution is -2.32. The molecule has 0 aliphatic carbocycles. The Balaban J connectivity index is 2.45. The van der Waals surface area contributed by atoms with Gasteiger partial charge in [-0.2, -0.15) is 0 Å². The van der Waals surface area contributed by atoms with Crippen molar-refractivity contribution >= 4 is 44.5 Å². The Morgan fingerprint density at radius 3 is 2.67 bits per heavy atom. The lowest BCUT2D eigenvalue weighted by molar-refractivity contribution is -0.137. The third-order valence-electron chi connectivity index (χ3n) is 2.50. The average Bonchev–Trinajstić information content (AvgIpc) is 2.45. The summed E-state index contributed by atoms with van der Waals surface area (Å²) in [7, 11) is -3.90. The fourth-order valence-electron chi connectivity index (χ4n) is 1.67. The number of rotatable bonds is 3. The first-order chi connectivity index (χ1) is 8.34. The van der Waals surface area contributed by atoms with Gasteiger partial charge in [0.25, 0.3) is 15.9 Å². The summed E-state index contributed by atoms with van der Waals surface area (Å²) in [4.78, 5) is 22.3. The van der Waals surface area contributed by atoms with Gasteiger partial charge >= 0.3 is 5.97 Å². The smallest absolute Gasteiger partial charge is 0.305 e. The van der Waals surface area contributed by atoms with Gasteiger partial charge in [0.05, 0.1) is 12.0 Å². The molecule has 6 nitrogen and oxygen atoms in total. The Kier molecular flexibility index (Phi) is 3.32. The number of carbonyl (C=O) groups excluding carboxylic acids is 1. The number of carboxylic acids is 1. The van der Waals surface area contributed by atoms with E-state index in [0.29, 0.717) is 7.88 Å². The van der Waals surface area contributed by atoms with E-state index < -0.39 is 28.3 Å². The van der Waals surface area contributed by atoms with Gasteiger partial charge in [-0.3, -0.25) is 9.59 Å². The monoisotopic (exact) mass is 381 g/mol. The van der Waals surface area contributed by atoms with Gasteiger partial charge in [-0.1, -0.05) is 0 Å². The SMILES string of the molecule is O=C(O)CCN1C(=O)c2ccc(I)cc2S1(=O)=O. The van der Waals surface area contributed by atoms with E-state index in [1.165, 1.54) is 12.1 Å². The van der Waals surface area contributed by atoms with Crippen molar-refractivity contribution in [3.05, 3.63) is 27.3 Å². The predicted octanol–water partition coefficient (Wildman–Crippen LogP) is 0.910. The van der Waals surface area contributed by atoms with Crippen molar-refractivity contribution < 1.29 is 23.1 Å². The minimum atomic E-state index is -3.90. The Morgan fingerprint density at radius 1 is 1.39 bits per heavy atom. The van der Waals surface area contributed by atoms with E-state index in [2.05, 4.69) is 0 Å². The molecule has 0 saturated carbocycles. The fourth-order valence-corrected chi connectivity index (χ4v) is 3.96. The molecule has 1 heterocycles. The second-order valence-electron chi connectivity index (χ2n) is 3.67. The molecular weight excluding hydrogens is 373 g/mol. The van der Waals surface area contributed by atoms with E-state index in [-0.39, 0.29) is 17.0 Å². The van der Waals surface area contributed by atoms with Crippen molar-refractivity contribution in [3.8, 4) is 0 Å². The maximum Gasteiger partial charge on any atom is 0.305 e. The number of hydrogen-bond acceptors (Lipinski definition) is 4. The van der Waals surface area contributed by atoms with Gasteiger partial charge in [-0.25, -0.2) is 12.7 Å². The number of nitrogens with zero attached hydrogens (tertiary/aromatic N) is 1. The van der Waals surface area contributed by atoms with Crippen molar-refractivity contribution in [1.82, 2.24) is 4.31 Å². The normalized spacial score (nSPS) is 16.7. The molecule has 0 atom stereocenters. The molecule has 18 heavy (non-hydrogen) atoms. The second-order valence-corrected chi connectivity index (χ2v) is 6.74. The van der Waals surface area contributed by atoms with Crippen molar-refractivity contribution in [2.24, 2.45) is 0 Å². The molecule has 0 spiro atoms. The van der Waals surface area contributed by atoms with Crippen LogP contribution in [0.2, 0.25) is 0 Å². The summed E-state index contributed by atoms with van der Waals surface area (Å²) in [6.45, 7) is -0.345. The molecule has 1 aliphatic rings. The molecule has 8 heteroatoms. The molecule has 0 aromatic heterocycles. The van der Waals surface area contributed by atoms with Crippen LogP contribution < -0.4 is 0 Å². The minimum Gasteiger partial charge on any atom is -0.481 e. The summed E-state index contributed by atoms with van der Waals surface area (Å²) in [6.07, 6.45) is -0.407. The number of benzene rings is 1. The predicted molar refractivity (Wildman–Crippen MR) is 69.6 cm³/mol. The molecule has 96 valence electrons. The number of halogens is 1. The molecule has 0 bridgehead atoms. The number of amides is 1. The Bertz CT molecular complexity index is 640. The highest BCUT2D eigenvalue weighted by Gasteiger charge is 2.41. The molecule has 1 amide bonds. The largest absolute Gasteiger partial charge is 0.481 e. The molecule has 1 N–H and O–H groups in total. The third-order valence-corrected chi connectivity index (χ3v) is 4.99. The molecular formula is C10H8INO5S. The van der Waals surface area contributed by atoms with Crippen LogP contribution in [0.25, 0.3) is 0 Å². The number of sulfonamides is 1. The van der Waals surface area contributed by atoms with Gasteiger partial charge in [0.1, 0.15) is 4.90 Å². The zero-order valence-electron chi connectivity index (χ0n) is 8.96. The van der Waals surface area contributed by atoms with E-state index in [0.717, 1.165) is 0 Å². The molecule has 0 radical (unpaired) electrons. The van der Waals surface area contributed by atoms with Crippen molar-refractivity contribution in [2.45, 2.75) is 11.3 Å². The molecule has 1 aliphatic heterocycles. The van der Waals surface area contributed by atoms with Crippen LogP contribution in [0.15, 0.2) is 23.1 Å². The van der Waals surface area contributed by atoms with E-state index in [4.69, 9.17) is 5.11 Å². The minimum absolute atomic E-state index is 0.0511. The highest BCUT2D eigenvalue weighted by molar-refractivity contribution is 14.1. The molecule has 0 fully saturated rings. The van der Waals surface area contributed by atoms with E-state index in [9.17, 15) is 18.0 Å². The first kappa shape index (κ1) is 13.3. The quantitative estimate of drug-likeness (QED) is 0.786. The number of aliphatic carboxylic acids is 1. The second kappa shape index (κ2) is 4.50. The first-order valence-electron chi connectivity index (χ1n) is 4.92. The zero-order valence-corrected chi connectivity index (χ0v) is 11.9. The Morgan fingerprint density at radius 2 is 2.06 bits per heavy atom. The number of fused-ring (bicyclic) bond motifs is 1. The fraction of sp³-hybridized carbons (Fsp3) is 0.200.